The molecule has 3 atom stereocenters. The van der Waals surface area contributed by atoms with Crippen molar-refractivity contribution in [3.63, 3.8) is 0 Å². The second kappa shape index (κ2) is 4.04. The number of aliphatic hydroxyl groups excluding tert-OH is 2. The van der Waals surface area contributed by atoms with E-state index in [4.69, 9.17) is 4.74 Å². The summed E-state index contributed by atoms with van der Waals surface area (Å²) in [5.41, 5.74) is 0.912. The van der Waals surface area contributed by atoms with Gasteiger partial charge < -0.3 is 14.9 Å². The molecule has 1 aliphatic rings. The van der Waals surface area contributed by atoms with Gasteiger partial charge in [0.05, 0.1) is 0 Å². The van der Waals surface area contributed by atoms with Crippen LogP contribution in [0.1, 0.15) is 12.5 Å². The Balaban J connectivity index is 2.28. The maximum absolute atomic E-state index is 9.57. The quantitative estimate of drug-likeness (QED) is 0.725. The molecular formula is C12H14O3. The van der Waals surface area contributed by atoms with Gasteiger partial charge in [-0.25, -0.2) is 0 Å². The van der Waals surface area contributed by atoms with Gasteiger partial charge in [-0.15, -0.1) is 0 Å². The standard InChI is InChI=1S/C12H14O3/c1-8-12(14)10(13)7-11(15-8)9-5-3-2-4-6-9/h2-8,10,12-14H,1H3/t8-,10-,12-/m0/s1. The number of hydrogen-bond acceptors (Lipinski definition) is 3. The molecule has 0 saturated heterocycles. The van der Waals surface area contributed by atoms with Crippen LogP contribution in [-0.2, 0) is 4.74 Å². The minimum atomic E-state index is -0.857. The molecule has 15 heavy (non-hydrogen) atoms. The minimum Gasteiger partial charge on any atom is -0.488 e. The molecule has 0 aromatic heterocycles. The normalized spacial score (nSPS) is 30.6. The van der Waals surface area contributed by atoms with Crippen LogP contribution >= 0.6 is 0 Å². The van der Waals surface area contributed by atoms with Crippen LogP contribution in [0.25, 0.3) is 5.76 Å². The average Bonchev–Trinajstić information content (AvgIpc) is 2.26. The zero-order chi connectivity index (χ0) is 10.8. The molecule has 2 N–H and O–H groups in total. The molecule has 0 bridgehead atoms. The Bertz CT molecular complexity index is 358. The highest BCUT2D eigenvalue weighted by Crippen LogP contribution is 2.25. The summed E-state index contributed by atoms with van der Waals surface area (Å²) in [5, 5.41) is 19.1. The van der Waals surface area contributed by atoms with Crippen LogP contribution in [0, 0.1) is 0 Å². The second-order valence-corrected chi connectivity index (χ2v) is 3.70. The second-order valence-electron chi connectivity index (χ2n) is 3.70. The first-order valence-electron chi connectivity index (χ1n) is 4.98. The number of ether oxygens (including phenoxy) is 1. The van der Waals surface area contributed by atoms with Crippen molar-refractivity contribution in [1.29, 1.82) is 0 Å². The molecule has 0 spiro atoms. The smallest absolute Gasteiger partial charge is 0.125 e. The highest BCUT2D eigenvalue weighted by atomic mass is 16.5. The van der Waals surface area contributed by atoms with Crippen molar-refractivity contribution in [2.75, 3.05) is 0 Å². The molecular weight excluding hydrogens is 192 g/mol. The van der Waals surface area contributed by atoms with E-state index in [0.29, 0.717) is 5.76 Å². The van der Waals surface area contributed by atoms with E-state index in [0.717, 1.165) is 5.56 Å². The van der Waals surface area contributed by atoms with Gasteiger partial charge in [-0.1, -0.05) is 30.3 Å². The first-order chi connectivity index (χ1) is 7.18. The Morgan fingerprint density at radius 3 is 2.40 bits per heavy atom. The third-order valence-corrected chi connectivity index (χ3v) is 2.52. The lowest BCUT2D eigenvalue weighted by molar-refractivity contribution is -0.0456. The fraction of sp³-hybridized carbons (Fsp3) is 0.333. The first-order valence-corrected chi connectivity index (χ1v) is 4.98. The fourth-order valence-corrected chi connectivity index (χ4v) is 1.61. The van der Waals surface area contributed by atoms with Gasteiger partial charge in [0.15, 0.2) is 0 Å². The molecule has 0 saturated carbocycles. The van der Waals surface area contributed by atoms with Crippen LogP contribution in [-0.4, -0.2) is 28.5 Å². The number of aliphatic hydroxyl groups is 2. The molecule has 2 rings (SSSR count). The number of hydrogen-bond donors (Lipinski definition) is 2. The lowest BCUT2D eigenvalue weighted by Crippen LogP contribution is -2.39. The van der Waals surface area contributed by atoms with Crippen molar-refractivity contribution in [2.24, 2.45) is 0 Å². The Hall–Kier alpha value is -1.32. The van der Waals surface area contributed by atoms with Gasteiger partial charge in [0.2, 0.25) is 0 Å². The van der Waals surface area contributed by atoms with E-state index in [1.807, 2.05) is 30.3 Å². The van der Waals surface area contributed by atoms with Crippen LogP contribution < -0.4 is 0 Å². The molecule has 0 aliphatic carbocycles. The SMILES string of the molecule is C[C@@H]1OC(c2ccccc2)=C[C@H](O)[C@H]1O. The summed E-state index contributed by atoms with van der Waals surface area (Å²) in [5.74, 6) is 0.626. The zero-order valence-electron chi connectivity index (χ0n) is 8.50. The predicted molar refractivity (Wildman–Crippen MR) is 57.0 cm³/mol. The Labute approximate surface area is 88.6 Å². The summed E-state index contributed by atoms with van der Waals surface area (Å²) < 4.78 is 5.51. The Morgan fingerprint density at radius 2 is 1.80 bits per heavy atom. The van der Waals surface area contributed by atoms with Gasteiger partial charge in [0.25, 0.3) is 0 Å². The number of rotatable bonds is 1. The maximum Gasteiger partial charge on any atom is 0.125 e. The summed E-state index contributed by atoms with van der Waals surface area (Å²) >= 11 is 0. The van der Waals surface area contributed by atoms with E-state index in [-0.39, 0.29) is 6.10 Å². The Kier molecular flexibility index (Phi) is 2.75. The Morgan fingerprint density at radius 1 is 1.13 bits per heavy atom. The molecule has 80 valence electrons. The fourth-order valence-electron chi connectivity index (χ4n) is 1.61. The van der Waals surface area contributed by atoms with Crippen molar-refractivity contribution in [3.05, 3.63) is 42.0 Å². The summed E-state index contributed by atoms with van der Waals surface area (Å²) in [4.78, 5) is 0. The molecule has 1 aromatic rings. The van der Waals surface area contributed by atoms with Crippen LogP contribution in [0.15, 0.2) is 36.4 Å². The van der Waals surface area contributed by atoms with Crippen LogP contribution in [0.5, 0.6) is 0 Å². The van der Waals surface area contributed by atoms with Gasteiger partial charge in [-0.2, -0.15) is 0 Å². The highest BCUT2D eigenvalue weighted by Gasteiger charge is 2.29. The molecule has 1 heterocycles. The van der Waals surface area contributed by atoms with E-state index in [2.05, 4.69) is 0 Å². The zero-order valence-corrected chi connectivity index (χ0v) is 8.50. The van der Waals surface area contributed by atoms with Gasteiger partial charge in [0, 0.05) is 5.56 Å². The minimum absolute atomic E-state index is 0.389. The third kappa shape index (κ3) is 2.03. The van der Waals surface area contributed by atoms with Gasteiger partial charge >= 0.3 is 0 Å². The highest BCUT2D eigenvalue weighted by molar-refractivity contribution is 5.61. The molecule has 3 heteroatoms. The van der Waals surface area contributed by atoms with Crippen LogP contribution in [0.2, 0.25) is 0 Å². The van der Waals surface area contributed by atoms with E-state index < -0.39 is 12.2 Å². The molecule has 0 unspecified atom stereocenters. The molecule has 0 radical (unpaired) electrons. The molecule has 1 aliphatic heterocycles. The van der Waals surface area contributed by atoms with Gasteiger partial charge in [0.1, 0.15) is 24.1 Å². The van der Waals surface area contributed by atoms with Crippen molar-refractivity contribution < 1.29 is 14.9 Å². The largest absolute Gasteiger partial charge is 0.488 e. The van der Waals surface area contributed by atoms with E-state index >= 15 is 0 Å². The topological polar surface area (TPSA) is 49.7 Å². The van der Waals surface area contributed by atoms with Gasteiger partial charge in [-0.05, 0) is 13.0 Å². The molecule has 1 aromatic carbocycles. The molecule has 0 fully saturated rings. The van der Waals surface area contributed by atoms with Crippen molar-refractivity contribution in [3.8, 4) is 0 Å². The lowest BCUT2D eigenvalue weighted by atomic mass is 10.0. The summed E-state index contributed by atoms with van der Waals surface area (Å²) in [7, 11) is 0. The van der Waals surface area contributed by atoms with Gasteiger partial charge in [-0.3, -0.25) is 0 Å². The van der Waals surface area contributed by atoms with Crippen molar-refractivity contribution in [2.45, 2.75) is 25.2 Å². The maximum atomic E-state index is 9.57. The lowest BCUT2D eigenvalue weighted by Gasteiger charge is -2.29. The number of benzene rings is 1. The van der Waals surface area contributed by atoms with Crippen molar-refractivity contribution in [1.82, 2.24) is 0 Å². The molecule has 3 nitrogen and oxygen atoms in total. The average molecular weight is 206 g/mol. The molecule has 0 amide bonds. The monoisotopic (exact) mass is 206 g/mol. The van der Waals surface area contributed by atoms with E-state index in [1.165, 1.54) is 0 Å². The van der Waals surface area contributed by atoms with Crippen LogP contribution in [0.3, 0.4) is 0 Å². The summed E-state index contributed by atoms with van der Waals surface area (Å²) in [6, 6.07) is 9.54. The van der Waals surface area contributed by atoms with Crippen molar-refractivity contribution >= 4 is 5.76 Å². The van der Waals surface area contributed by atoms with Crippen LogP contribution in [0.4, 0.5) is 0 Å². The van der Waals surface area contributed by atoms with E-state index in [1.54, 1.807) is 13.0 Å². The van der Waals surface area contributed by atoms with E-state index in [9.17, 15) is 10.2 Å². The summed E-state index contributed by atoms with van der Waals surface area (Å²) in [6.07, 6.45) is -0.554. The first kappa shape index (κ1) is 10.2. The third-order valence-electron chi connectivity index (χ3n) is 2.52. The predicted octanol–water partition coefficient (Wildman–Crippen LogP) is 1.17. The summed E-state index contributed by atoms with van der Waals surface area (Å²) in [6.45, 7) is 1.74.